The van der Waals surface area contributed by atoms with Crippen molar-refractivity contribution in [3.63, 3.8) is 0 Å². The van der Waals surface area contributed by atoms with Crippen LogP contribution in [0.1, 0.15) is 86.4 Å². The molecule has 2 nitrogen and oxygen atoms in total. The van der Waals surface area contributed by atoms with Crippen molar-refractivity contribution < 1.29 is 4.79 Å². The average Bonchev–Trinajstić information content (AvgIpc) is 3.15. The Bertz CT molecular complexity index is 1700. The summed E-state index contributed by atoms with van der Waals surface area (Å²) in [6, 6.07) is 48.2. The topological polar surface area (TPSA) is 20.3 Å². The van der Waals surface area contributed by atoms with E-state index in [9.17, 15) is 4.79 Å². The molecule has 0 fully saturated rings. The molecule has 5 heteroatoms. The van der Waals surface area contributed by atoms with Crippen molar-refractivity contribution in [2.45, 2.75) is 69.7 Å². The highest BCUT2D eigenvalue weighted by Gasteiger charge is 2.44. The highest BCUT2D eigenvalue weighted by molar-refractivity contribution is 7.95. The van der Waals surface area contributed by atoms with Crippen LogP contribution in [0.15, 0.2) is 133 Å². The summed E-state index contributed by atoms with van der Waals surface area (Å²) in [6.07, 6.45) is 10.5. The number of benzene rings is 5. The van der Waals surface area contributed by atoms with Gasteiger partial charge in [-0.1, -0.05) is 127 Å². The molecule has 0 aromatic heterocycles. The van der Waals surface area contributed by atoms with Gasteiger partial charge in [0.2, 0.25) is 5.91 Å². The second-order valence-corrected chi connectivity index (χ2v) is 17.8. The lowest BCUT2D eigenvalue weighted by Gasteiger charge is -2.37. The third-order valence-corrected chi connectivity index (χ3v) is 15.7. The number of hydrogen-bond donors (Lipinski definition) is 0. The minimum Gasteiger partial charge on any atom is -0.339 e. The van der Waals surface area contributed by atoms with Crippen LogP contribution in [0.3, 0.4) is 0 Å². The fraction of sp³-hybridized carbons (Fsp3) is 0.295. The molecule has 252 valence electrons. The summed E-state index contributed by atoms with van der Waals surface area (Å²) < 4.78 is 0. The lowest BCUT2D eigenvalue weighted by molar-refractivity contribution is -0.132. The van der Waals surface area contributed by atoms with Crippen LogP contribution in [0.4, 0.5) is 0 Å². The summed E-state index contributed by atoms with van der Waals surface area (Å²) in [5, 5.41) is 5.55. The third-order valence-electron chi connectivity index (χ3n) is 10.4. The summed E-state index contributed by atoms with van der Waals surface area (Å²) in [4.78, 5) is 15.4. The van der Waals surface area contributed by atoms with E-state index in [1.54, 1.807) is 0 Å². The molecule has 1 aliphatic rings. The van der Waals surface area contributed by atoms with Crippen LogP contribution in [-0.2, 0) is 4.79 Å². The van der Waals surface area contributed by atoms with Crippen LogP contribution in [0.25, 0.3) is 0 Å². The predicted molar refractivity (Wildman–Crippen MR) is 212 cm³/mol. The maximum absolute atomic E-state index is 13.4. The van der Waals surface area contributed by atoms with Gasteiger partial charge in [0.05, 0.1) is 22.2 Å². The van der Waals surface area contributed by atoms with Crippen LogP contribution >= 0.6 is 30.5 Å². The summed E-state index contributed by atoms with van der Waals surface area (Å²) in [5.74, 6) is 0.502. The molecular weight excluding hydrogens is 660 g/mol. The third kappa shape index (κ3) is 8.15. The molecule has 0 unspecified atom stereocenters. The first kappa shape index (κ1) is 35.4. The molecule has 5 aromatic carbocycles. The van der Waals surface area contributed by atoms with E-state index in [0.717, 1.165) is 25.7 Å². The lowest BCUT2D eigenvalue weighted by atomic mass is 9.76. The standard InChI is InChI=1S/C44H47Cl2NOP/c1-47(43-31-29-38(39-25-16-17-26-40(39)43)34-28-30-41(45)42(46)33-34)44(48)27-15-4-2-3-5-18-32-49(35-19-9-6-10-20-35,36-21-11-7-12-22-36)37-23-13-8-14-24-37/h6-14,16-17,19-26,28,30,33,38,43H,2-5,15,18,27,29,31-32H2,1H3/q+1/t38-,43-/m0/s1. The van der Waals surface area contributed by atoms with Gasteiger partial charge in [-0.2, -0.15) is 0 Å². The van der Waals surface area contributed by atoms with Gasteiger partial charge in [0, 0.05) is 19.4 Å². The van der Waals surface area contributed by atoms with Gasteiger partial charge in [-0.15, -0.1) is 0 Å². The van der Waals surface area contributed by atoms with Gasteiger partial charge in [-0.05, 0) is 97.3 Å². The normalized spacial score (nSPS) is 15.8. The number of carbonyl (C=O) groups is 1. The summed E-state index contributed by atoms with van der Waals surface area (Å²) in [6.45, 7) is 0. The highest BCUT2D eigenvalue weighted by atomic mass is 35.5. The zero-order chi connectivity index (χ0) is 34.1. The van der Waals surface area contributed by atoms with E-state index < -0.39 is 7.26 Å². The predicted octanol–water partition coefficient (Wildman–Crippen LogP) is 11.1. The first-order valence-corrected chi connectivity index (χ1v) is 20.6. The van der Waals surface area contributed by atoms with Crippen LogP contribution < -0.4 is 15.9 Å². The Morgan fingerprint density at radius 2 is 1.12 bits per heavy atom. The molecule has 0 radical (unpaired) electrons. The molecule has 0 saturated heterocycles. The van der Waals surface area contributed by atoms with Gasteiger partial charge >= 0.3 is 0 Å². The lowest BCUT2D eigenvalue weighted by Crippen LogP contribution is -2.34. The van der Waals surface area contributed by atoms with Gasteiger partial charge in [-0.3, -0.25) is 4.79 Å². The van der Waals surface area contributed by atoms with Crippen molar-refractivity contribution in [1.29, 1.82) is 0 Å². The van der Waals surface area contributed by atoms with Crippen molar-refractivity contribution in [3.8, 4) is 0 Å². The fourth-order valence-electron chi connectivity index (χ4n) is 7.81. The SMILES string of the molecule is CN(C(=O)CCCCCCCC[P+](c1ccccc1)(c1ccccc1)c1ccccc1)[C@H]1CC[C@@H](c2ccc(Cl)c(Cl)c2)c2ccccc21. The summed E-state index contributed by atoms with van der Waals surface area (Å²) in [5.41, 5.74) is 3.72. The molecule has 6 rings (SSSR count). The van der Waals surface area contributed by atoms with E-state index in [1.807, 2.05) is 24.1 Å². The first-order valence-electron chi connectivity index (χ1n) is 17.8. The maximum Gasteiger partial charge on any atom is 0.222 e. The van der Waals surface area contributed by atoms with Gasteiger partial charge in [0.1, 0.15) is 23.2 Å². The molecule has 0 N–H and O–H groups in total. The van der Waals surface area contributed by atoms with E-state index in [2.05, 4.69) is 121 Å². The van der Waals surface area contributed by atoms with Crippen LogP contribution in [0.2, 0.25) is 10.0 Å². The second kappa shape index (κ2) is 17.0. The van der Waals surface area contributed by atoms with Gasteiger partial charge in [-0.25, -0.2) is 0 Å². The molecule has 2 atom stereocenters. The zero-order valence-electron chi connectivity index (χ0n) is 28.5. The summed E-state index contributed by atoms with van der Waals surface area (Å²) >= 11 is 12.6. The van der Waals surface area contributed by atoms with E-state index in [1.165, 1.54) is 64.4 Å². The Labute approximate surface area is 303 Å². The smallest absolute Gasteiger partial charge is 0.222 e. The van der Waals surface area contributed by atoms with Crippen LogP contribution in [0, 0.1) is 0 Å². The molecule has 0 heterocycles. The fourth-order valence-corrected chi connectivity index (χ4v) is 12.5. The number of unbranched alkanes of at least 4 members (excludes halogenated alkanes) is 5. The Kier molecular flexibility index (Phi) is 12.3. The number of carbonyl (C=O) groups excluding carboxylic acids is 1. The average molecular weight is 708 g/mol. The van der Waals surface area contributed by atoms with E-state index in [4.69, 9.17) is 23.2 Å². The van der Waals surface area contributed by atoms with E-state index in [0.29, 0.717) is 16.5 Å². The van der Waals surface area contributed by atoms with Crippen molar-refractivity contribution in [3.05, 3.63) is 160 Å². The van der Waals surface area contributed by atoms with Crippen molar-refractivity contribution >= 4 is 52.3 Å². The number of halogens is 2. The molecule has 0 aliphatic heterocycles. The Balaban J connectivity index is 1.01. The van der Waals surface area contributed by atoms with E-state index in [-0.39, 0.29) is 17.9 Å². The number of rotatable bonds is 14. The van der Waals surface area contributed by atoms with Crippen molar-refractivity contribution in [2.24, 2.45) is 0 Å². The largest absolute Gasteiger partial charge is 0.339 e. The van der Waals surface area contributed by atoms with Crippen molar-refractivity contribution in [1.82, 2.24) is 4.90 Å². The molecule has 49 heavy (non-hydrogen) atoms. The molecule has 5 aromatic rings. The minimum absolute atomic E-state index is 0.102. The zero-order valence-corrected chi connectivity index (χ0v) is 30.9. The quantitative estimate of drug-likeness (QED) is 0.0831. The number of nitrogens with zero attached hydrogens (tertiary/aromatic N) is 1. The number of fused-ring (bicyclic) bond motifs is 1. The minimum atomic E-state index is -1.76. The van der Waals surface area contributed by atoms with E-state index >= 15 is 0 Å². The molecule has 1 amide bonds. The maximum atomic E-state index is 13.4. The Morgan fingerprint density at radius 3 is 1.69 bits per heavy atom. The molecular formula is C44H47Cl2NOP+. The van der Waals surface area contributed by atoms with Crippen LogP contribution in [-0.4, -0.2) is 24.0 Å². The van der Waals surface area contributed by atoms with Gasteiger partial charge in [0.15, 0.2) is 0 Å². The molecule has 0 bridgehead atoms. The second-order valence-electron chi connectivity index (χ2n) is 13.4. The van der Waals surface area contributed by atoms with Gasteiger partial charge in [0.25, 0.3) is 0 Å². The van der Waals surface area contributed by atoms with Crippen LogP contribution in [0.5, 0.6) is 0 Å². The number of amides is 1. The summed E-state index contributed by atoms with van der Waals surface area (Å²) in [7, 11) is 0.228. The molecule has 1 aliphatic carbocycles. The Morgan fingerprint density at radius 1 is 0.612 bits per heavy atom. The van der Waals surface area contributed by atoms with Crippen molar-refractivity contribution in [2.75, 3.05) is 13.2 Å². The molecule has 0 saturated carbocycles. The number of hydrogen-bond acceptors (Lipinski definition) is 1. The monoisotopic (exact) mass is 706 g/mol. The van der Waals surface area contributed by atoms with Gasteiger partial charge < -0.3 is 4.90 Å². The highest BCUT2D eigenvalue weighted by Crippen LogP contribution is 2.56. The molecule has 0 spiro atoms. The Hall–Kier alpha value is -3.42. The first-order chi connectivity index (χ1) is 24.0.